The molecule has 0 aromatic heterocycles. The molecule has 7 heteroatoms. The molecule has 0 aliphatic carbocycles. The second kappa shape index (κ2) is 10.6. The topological polar surface area (TPSA) is 138 Å². The maximum atomic E-state index is 12.3. The van der Waals surface area contributed by atoms with Crippen molar-refractivity contribution in [1.82, 2.24) is 0 Å². The molecule has 1 unspecified atom stereocenters. The molecule has 7 nitrogen and oxygen atoms in total. The fourth-order valence-electron chi connectivity index (χ4n) is 3.44. The maximum Gasteiger partial charge on any atom is 0.129 e. The molecule has 0 heterocycles. The minimum absolute atomic E-state index is 0.0792. The van der Waals surface area contributed by atoms with Gasteiger partial charge in [-0.1, -0.05) is 60.7 Å². The second-order valence-electron chi connectivity index (χ2n) is 7.34. The third kappa shape index (κ3) is 5.70. The zero-order valence-electron chi connectivity index (χ0n) is 16.0. The molecule has 0 aliphatic rings. The van der Waals surface area contributed by atoms with E-state index >= 15 is 0 Å². The Labute approximate surface area is 169 Å². The summed E-state index contributed by atoms with van der Waals surface area (Å²) in [7, 11) is 0. The molecule has 0 radical (unpaired) electrons. The van der Waals surface area contributed by atoms with E-state index in [9.17, 15) is 30.3 Å². The number of aliphatic hydroxyl groups excluding tert-OH is 6. The van der Waals surface area contributed by atoms with Crippen molar-refractivity contribution in [2.45, 2.75) is 43.4 Å². The van der Waals surface area contributed by atoms with Crippen molar-refractivity contribution in [3.8, 4) is 0 Å². The molecule has 0 amide bonds. The summed E-state index contributed by atoms with van der Waals surface area (Å²) < 4.78 is 0. The van der Waals surface area contributed by atoms with E-state index in [4.69, 9.17) is 5.11 Å². The molecule has 2 rings (SSSR count). The van der Waals surface area contributed by atoms with Crippen LogP contribution in [0.3, 0.4) is 0 Å². The smallest absolute Gasteiger partial charge is 0.129 e. The first-order valence-corrected chi connectivity index (χ1v) is 9.40. The highest BCUT2D eigenvalue weighted by atomic mass is 16.4. The lowest BCUT2D eigenvalue weighted by Crippen LogP contribution is -2.56. The van der Waals surface area contributed by atoms with Gasteiger partial charge in [0.2, 0.25) is 0 Å². The SMILES string of the molecule is O=CC(Cc1ccccc1)(Cc1ccccc1)C(O)[C@H](O)[C@@H](O)[C@H](O)[C@H](O)CO. The van der Waals surface area contributed by atoms with Crippen molar-refractivity contribution >= 4 is 6.29 Å². The van der Waals surface area contributed by atoms with Crippen LogP contribution in [0.15, 0.2) is 60.7 Å². The largest absolute Gasteiger partial charge is 0.394 e. The Balaban J connectivity index is 2.37. The summed E-state index contributed by atoms with van der Waals surface area (Å²) in [5.74, 6) is 0. The Bertz CT molecular complexity index is 696. The van der Waals surface area contributed by atoms with Gasteiger partial charge in [-0.2, -0.15) is 0 Å². The summed E-state index contributed by atoms with van der Waals surface area (Å²) in [4.78, 5) is 12.3. The monoisotopic (exact) mass is 404 g/mol. The van der Waals surface area contributed by atoms with Gasteiger partial charge < -0.3 is 35.4 Å². The number of aldehydes is 1. The van der Waals surface area contributed by atoms with E-state index in [1.54, 1.807) is 48.5 Å². The molecule has 0 aliphatic heterocycles. The Morgan fingerprint density at radius 3 is 1.55 bits per heavy atom. The highest BCUT2D eigenvalue weighted by Crippen LogP contribution is 2.33. The molecule has 2 aromatic rings. The van der Waals surface area contributed by atoms with Crippen molar-refractivity contribution < 1.29 is 35.4 Å². The average molecular weight is 404 g/mol. The normalized spacial score (nSPS) is 17.2. The molecule has 158 valence electrons. The molecule has 0 saturated heterocycles. The average Bonchev–Trinajstić information content (AvgIpc) is 2.77. The van der Waals surface area contributed by atoms with Gasteiger partial charge in [-0.25, -0.2) is 0 Å². The van der Waals surface area contributed by atoms with E-state index < -0.39 is 42.5 Å². The zero-order chi connectivity index (χ0) is 21.4. The Hall–Kier alpha value is -2.13. The van der Waals surface area contributed by atoms with Gasteiger partial charge in [0.1, 0.15) is 30.7 Å². The molecule has 2 aromatic carbocycles. The van der Waals surface area contributed by atoms with Gasteiger partial charge in [-0.15, -0.1) is 0 Å². The van der Waals surface area contributed by atoms with Crippen LogP contribution in [0.1, 0.15) is 11.1 Å². The van der Waals surface area contributed by atoms with Crippen molar-refractivity contribution in [3.63, 3.8) is 0 Å². The van der Waals surface area contributed by atoms with Crippen LogP contribution in [-0.4, -0.2) is 74.1 Å². The first kappa shape index (κ1) is 23.2. The van der Waals surface area contributed by atoms with Gasteiger partial charge in [-0.05, 0) is 24.0 Å². The standard InChI is InChI=1S/C22H28O7/c23-13-17(25)18(26)19(27)20(28)21(29)22(14-24,11-15-7-3-1-4-8-15)12-16-9-5-2-6-10-16/h1-10,14,17-21,23,25-29H,11-13H2/t17-,18-,19+,20-,21?/m1/s1. The quantitative estimate of drug-likeness (QED) is 0.276. The number of hydrogen-bond donors (Lipinski definition) is 6. The van der Waals surface area contributed by atoms with Gasteiger partial charge in [-0.3, -0.25) is 0 Å². The molecule has 0 saturated carbocycles. The van der Waals surface area contributed by atoms with E-state index in [2.05, 4.69) is 0 Å². The van der Waals surface area contributed by atoms with E-state index in [-0.39, 0.29) is 12.8 Å². The lowest BCUT2D eigenvalue weighted by Gasteiger charge is -2.38. The number of carbonyl (C=O) groups excluding carboxylic acids is 1. The van der Waals surface area contributed by atoms with Gasteiger partial charge in [0.25, 0.3) is 0 Å². The second-order valence-corrected chi connectivity index (χ2v) is 7.34. The fourth-order valence-corrected chi connectivity index (χ4v) is 3.44. The number of carbonyl (C=O) groups is 1. The van der Waals surface area contributed by atoms with Crippen molar-refractivity contribution in [1.29, 1.82) is 0 Å². The van der Waals surface area contributed by atoms with Gasteiger partial charge in [0, 0.05) is 0 Å². The van der Waals surface area contributed by atoms with Gasteiger partial charge in [0.05, 0.1) is 18.1 Å². The van der Waals surface area contributed by atoms with E-state index in [0.717, 1.165) is 11.1 Å². The highest BCUT2D eigenvalue weighted by molar-refractivity contribution is 5.62. The minimum Gasteiger partial charge on any atom is -0.394 e. The van der Waals surface area contributed by atoms with E-state index in [1.807, 2.05) is 12.1 Å². The van der Waals surface area contributed by atoms with Crippen molar-refractivity contribution in [3.05, 3.63) is 71.8 Å². The van der Waals surface area contributed by atoms with Crippen LogP contribution in [0.2, 0.25) is 0 Å². The van der Waals surface area contributed by atoms with Crippen LogP contribution in [0, 0.1) is 5.41 Å². The van der Waals surface area contributed by atoms with Gasteiger partial charge in [0.15, 0.2) is 0 Å². The van der Waals surface area contributed by atoms with Crippen molar-refractivity contribution in [2.24, 2.45) is 5.41 Å². The zero-order valence-corrected chi connectivity index (χ0v) is 16.0. The Morgan fingerprint density at radius 2 is 1.17 bits per heavy atom. The summed E-state index contributed by atoms with van der Waals surface area (Å²) in [6.45, 7) is -0.839. The predicted octanol–water partition coefficient (Wildman–Crippen LogP) is -0.546. The third-order valence-electron chi connectivity index (χ3n) is 5.18. The Kier molecular flexibility index (Phi) is 8.45. The van der Waals surface area contributed by atoms with Crippen LogP contribution < -0.4 is 0 Å². The van der Waals surface area contributed by atoms with Crippen LogP contribution in [0.5, 0.6) is 0 Å². The summed E-state index contributed by atoms with van der Waals surface area (Å²) in [5.41, 5.74) is -0.0214. The first-order chi connectivity index (χ1) is 13.8. The van der Waals surface area contributed by atoms with Crippen LogP contribution >= 0.6 is 0 Å². The number of aliphatic hydroxyl groups is 6. The van der Waals surface area contributed by atoms with E-state index in [0.29, 0.717) is 6.29 Å². The molecular formula is C22H28O7. The summed E-state index contributed by atoms with van der Waals surface area (Å²) >= 11 is 0. The number of hydrogen-bond acceptors (Lipinski definition) is 7. The summed E-state index contributed by atoms with van der Waals surface area (Å²) in [6.07, 6.45) is -8.56. The predicted molar refractivity (Wildman–Crippen MR) is 106 cm³/mol. The molecule has 0 bridgehead atoms. The van der Waals surface area contributed by atoms with Crippen molar-refractivity contribution in [2.75, 3.05) is 6.61 Å². The molecule has 5 atom stereocenters. The van der Waals surface area contributed by atoms with Crippen LogP contribution in [0.25, 0.3) is 0 Å². The summed E-state index contributed by atoms with van der Waals surface area (Å²) in [6, 6.07) is 17.9. The summed E-state index contributed by atoms with van der Waals surface area (Å²) in [5, 5.41) is 60.0. The van der Waals surface area contributed by atoms with Gasteiger partial charge >= 0.3 is 0 Å². The highest BCUT2D eigenvalue weighted by Gasteiger charge is 2.46. The number of benzene rings is 2. The third-order valence-corrected chi connectivity index (χ3v) is 5.18. The van der Waals surface area contributed by atoms with Crippen LogP contribution in [-0.2, 0) is 17.6 Å². The Morgan fingerprint density at radius 1 is 0.724 bits per heavy atom. The maximum absolute atomic E-state index is 12.3. The van der Waals surface area contributed by atoms with Crippen LogP contribution in [0.4, 0.5) is 0 Å². The lowest BCUT2D eigenvalue weighted by molar-refractivity contribution is -0.165. The first-order valence-electron chi connectivity index (χ1n) is 9.40. The number of rotatable bonds is 11. The fraction of sp³-hybridized carbons (Fsp3) is 0.409. The molecule has 6 N–H and O–H groups in total. The minimum atomic E-state index is -1.97. The molecular weight excluding hydrogens is 376 g/mol. The molecule has 0 fully saturated rings. The molecule has 0 spiro atoms. The van der Waals surface area contributed by atoms with E-state index in [1.165, 1.54) is 0 Å². The molecule has 29 heavy (non-hydrogen) atoms. The lowest BCUT2D eigenvalue weighted by atomic mass is 9.70.